The Morgan fingerprint density at radius 3 is 2.40 bits per heavy atom. The second-order valence-electron chi connectivity index (χ2n) is 8.51. The minimum atomic E-state index is -0.319. The molecule has 0 aliphatic carbocycles. The van der Waals surface area contributed by atoms with Crippen molar-refractivity contribution in [1.29, 1.82) is 0 Å². The van der Waals surface area contributed by atoms with Gasteiger partial charge in [0.1, 0.15) is 28.5 Å². The lowest BCUT2D eigenvalue weighted by molar-refractivity contribution is 0.263. The molecule has 1 saturated heterocycles. The molecule has 0 amide bonds. The molecule has 3 N–H and O–H groups in total. The number of hydrogen-bond donors (Lipinski definition) is 3. The Bertz CT molecular complexity index is 1390. The van der Waals surface area contributed by atoms with Gasteiger partial charge in [-0.1, -0.05) is 0 Å². The van der Waals surface area contributed by atoms with Crippen LogP contribution in [0, 0.1) is 5.82 Å². The van der Waals surface area contributed by atoms with Crippen LogP contribution in [-0.2, 0) is 0 Å². The zero-order valence-corrected chi connectivity index (χ0v) is 20.6. The summed E-state index contributed by atoms with van der Waals surface area (Å²) in [6.07, 6.45) is 3.57. The van der Waals surface area contributed by atoms with Crippen LogP contribution in [0.1, 0.15) is 12.8 Å². The highest BCUT2D eigenvalue weighted by Crippen LogP contribution is 2.29. The summed E-state index contributed by atoms with van der Waals surface area (Å²) in [5.74, 6) is 1.69. The van der Waals surface area contributed by atoms with Gasteiger partial charge in [-0.05, 0) is 97.4 Å². The quantitative estimate of drug-likeness (QED) is 0.308. The number of anilines is 3. The maximum Gasteiger partial charge on any atom is 0.261 e. The third kappa shape index (κ3) is 5.44. The van der Waals surface area contributed by atoms with Crippen LogP contribution in [-0.4, -0.2) is 46.0 Å². The molecular formula is C25H24BrFN6O2. The molecule has 10 heteroatoms. The lowest BCUT2D eigenvalue weighted by Crippen LogP contribution is -2.37. The van der Waals surface area contributed by atoms with Gasteiger partial charge in [-0.25, -0.2) is 9.37 Å². The summed E-state index contributed by atoms with van der Waals surface area (Å²) in [6.45, 7) is 2.01. The first-order valence-electron chi connectivity index (χ1n) is 11.3. The summed E-state index contributed by atoms with van der Waals surface area (Å²) in [5, 5.41) is 7.05. The molecule has 2 aromatic heterocycles. The Morgan fingerprint density at radius 1 is 1.06 bits per heavy atom. The van der Waals surface area contributed by atoms with Gasteiger partial charge < -0.3 is 25.3 Å². The van der Waals surface area contributed by atoms with Gasteiger partial charge in [0.2, 0.25) is 5.95 Å². The number of pyridine rings is 1. The fourth-order valence-corrected chi connectivity index (χ4v) is 4.39. The fraction of sp³-hybridized carbons (Fsp3) is 0.240. The Morgan fingerprint density at radius 2 is 1.71 bits per heavy atom. The van der Waals surface area contributed by atoms with Gasteiger partial charge in [0.15, 0.2) is 0 Å². The highest BCUT2D eigenvalue weighted by atomic mass is 79.9. The predicted molar refractivity (Wildman–Crippen MR) is 138 cm³/mol. The third-order valence-corrected chi connectivity index (χ3v) is 6.51. The van der Waals surface area contributed by atoms with Gasteiger partial charge in [-0.3, -0.25) is 4.79 Å². The summed E-state index contributed by atoms with van der Waals surface area (Å²) < 4.78 is 19.6. The van der Waals surface area contributed by atoms with Gasteiger partial charge in [0, 0.05) is 17.9 Å². The first-order chi connectivity index (χ1) is 16.9. The number of rotatable bonds is 6. The van der Waals surface area contributed by atoms with Crippen LogP contribution in [0.15, 0.2) is 64.0 Å². The smallest absolute Gasteiger partial charge is 0.261 e. The normalized spacial score (nSPS) is 14.7. The second kappa shape index (κ2) is 10.0. The van der Waals surface area contributed by atoms with Crippen molar-refractivity contribution in [3.63, 3.8) is 0 Å². The first-order valence-corrected chi connectivity index (χ1v) is 12.1. The van der Waals surface area contributed by atoms with Crippen LogP contribution in [0.2, 0.25) is 0 Å². The number of ether oxygens (including phenoxy) is 1. The van der Waals surface area contributed by atoms with Crippen molar-refractivity contribution in [3.8, 4) is 11.5 Å². The molecular weight excluding hydrogens is 515 g/mol. The Hall–Kier alpha value is -3.50. The average molecular weight is 539 g/mol. The van der Waals surface area contributed by atoms with Crippen LogP contribution in [0.4, 0.5) is 21.8 Å². The van der Waals surface area contributed by atoms with E-state index in [-0.39, 0.29) is 17.4 Å². The van der Waals surface area contributed by atoms with E-state index in [1.165, 1.54) is 12.1 Å². The summed E-state index contributed by atoms with van der Waals surface area (Å²) in [7, 11) is 2.12. The highest BCUT2D eigenvalue weighted by Gasteiger charge is 2.20. The van der Waals surface area contributed by atoms with E-state index in [0.29, 0.717) is 38.6 Å². The lowest BCUT2D eigenvalue weighted by atomic mass is 10.1. The number of likely N-dealkylation sites (tertiary alicyclic amines) is 1. The largest absolute Gasteiger partial charge is 0.457 e. The molecule has 0 unspecified atom stereocenters. The number of hydrogen-bond acceptors (Lipinski definition) is 7. The zero-order valence-electron chi connectivity index (χ0n) is 19.0. The summed E-state index contributed by atoms with van der Waals surface area (Å²) in [6, 6.07) is 13.3. The highest BCUT2D eigenvalue weighted by molar-refractivity contribution is 9.10. The fourth-order valence-electron chi connectivity index (χ4n) is 3.99. The molecule has 5 rings (SSSR count). The van der Waals surface area contributed by atoms with Gasteiger partial charge in [-0.15, -0.1) is 0 Å². The van der Waals surface area contributed by atoms with E-state index < -0.39 is 0 Å². The van der Waals surface area contributed by atoms with E-state index in [0.717, 1.165) is 31.6 Å². The first kappa shape index (κ1) is 23.3. The number of nitrogens with zero attached hydrogens (tertiary/aromatic N) is 3. The second-order valence-corrected chi connectivity index (χ2v) is 9.37. The number of fused-ring (bicyclic) bond motifs is 1. The maximum absolute atomic E-state index is 13.1. The van der Waals surface area contributed by atoms with Gasteiger partial charge in [0.25, 0.3) is 5.56 Å². The van der Waals surface area contributed by atoms with Crippen LogP contribution in [0.5, 0.6) is 11.5 Å². The van der Waals surface area contributed by atoms with Crippen LogP contribution < -0.4 is 20.9 Å². The van der Waals surface area contributed by atoms with E-state index in [1.807, 2.05) is 12.1 Å². The minimum absolute atomic E-state index is 0.264. The monoisotopic (exact) mass is 538 g/mol. The molecule has 1 fully saturated rings. The van der Waals surface area contributed by atoms with E-state index >= 15 is 0 Å². The van der Waals surface area contributed by atoms with Crippen molar-refractivity contribution >= 4 is 44.3 Å². The molecule has 0 bridgehead atoms. The van der Waals surface area contributed by atoms with E-state index in [9.17, 15) is 9.18 Å². The van der Waals surface area contributed by atoms with Gasteiger partial charge in [-0.2, -0.15) is 4.98 Å². The molecule has 0 spiro atoms. The molecule has 2 aromatic carbocycles. The summed E-state index contributed by atoms with van der Waals surface area (Å²) in [5.41, 5.74) is 0.965. The number of aromatic amines is 1. The van der Waals surface area contributed by atoms with E-state index in [1.54, 1.807) is 30.5 Å². The Kier molecular flexibility index (Phi) is 6.65. The number of piperidine rings is 1. The molecule has 0 atom stereocenters. The topological polar surface area (TPSA) is 95.2 Å². The Balaban J connectivity index is 1.41. The number of aromatic nitrogens is 3. The van der Waals surface area contributed by atoms with Crippen molar-refractivity contribution in [2.24, 2.45) is 0 Å². The molecule has 8 nitrogen and oxygen atoms in total. The minimum Gasteiger partial charge on any atom is -0.457 e. The summed E-state index contributed by atoms with van der Waals surface area (Å²) in [4.78, 5) is 27.0. The lowest BCUT2D eigenvalue weighted by Gasteiger charge is -2.29. The van der Waals surface area contributed by atoms with Crippen molar-refractivity contribution in [3.05, 3.63) is 75.4 Å². The van der Waals surface area contributed by atoms with Crippen LogP contribution in [0.3, 0.4) is 0 Å². The van der Waals surface area contributed by atoms with Gasteiger partial charge in [0.05, 0.1) is 9.99 Å². The van der Waals surface area contributed by atoms with Crippen molar-refractivity contribution < 1.29 is 9.13 Å². The molecule has 3 heterocycles. The van der Waals surface area contributed by atoms with Crippen molar-refractivity contribution in [2.45, 2.75) is 18.9 Å². The summed E-state index contributed by atoms with van der Waals surface area (Å²) >= 11 is 3.50. The molecule has 0 saturated carbocycles. The maximum atomic E-state index is 13.1. The molecule has 4 aromatic rings. The van der Waals surface area contributed by atoms with Crippen molar-refractivity contribution in [1.82, 2.24) is 19.9 Å². The molecule has 180 valence electrons. The van der Waals surface area contributed by atoms with E-state index in [2.05, 4.69) is 53.5 Å². The number of H-pyrrole nitrogens is 1. The zero-order chi connectivity index (χ0) is 24.4. The predicted octanol–water partition coefficient (Wildman–Crippen LogP) is 5.26. The number of nitrogens with one attached hydrogen (secondary N) is 3. The standard InChI is InChI=1S/C25H24BrFN6O2/c1-33-12-10-17(11-13-33)30-25-31-22-20(26)14-28-24(34)21(22)23(32-25)29-16-4-8-19(9-5-16)35-18-6-2-15(27)3-7-18/h2-9,14,17H,10-13H2,1H3,(H,28,34)(H2,29,30,31,32). The molecule has 1 aliphatic rings. The van der Waals surface area contributed by atoms with Crippen LogP contribution in [0.25, 0.3) is 10.9 Å². The molecule has 1 aliphatic heterocycles. The number of benzene rings is 2. The Labute approximate surface area is 209 Å². The van der Waals surface area contributed by atoms with Crippen molar-refractivity contribution in [2.75, 3.05) is 30.8 Å². The number of halogens is 2. The van der Waals surface area contributed by atoms with Gasteiger partial charge >= 0.3 is 0 Å². The van der Waals surface area contributed by atoms with E-state index in [4.69, 9.17) is 4.74 Å². The molecule has 0 radical (unpaired) electrons. The SMILES string of the molecule is CN1CCC(Nc2nc(Nc3ccc(Oc4ccc(F)cc4)cc3)c3c(=O)[nH]cc(Br)c3n2)CC1. The average Bonchev–Trinajstić information content (AvgIpc) is 2.85. The third-order valence-electron chi connectivity index (χ3n) is 5.91. The van der Waals surface area contributed by atoms with Crippen LogP contribution >= 0.6 is 15.9 Å². The molecule has 35 heavy (non-hydrogen) atoms.